The average Bonchev–Trinajstić information content (AvgIpc) is 2.40. The molecule has 0 bridgehead atoms. The minimum atomic E-state index is -1.46. The Hall–Kier alpha value is -3.03. The highest BCUT2D eigenvalue weighted by Gasteiger charge is 2.25. The van der Waals surface area contributed by atoms with Gasteiger partial charge in [0.15, 0.2) is 11.3 Å². The van der Waals surface area contributed by atoms with E-state index in [-0.39, 0.29) is 11.8 Å². The zero-order valence-corrected chi connectivity index (χ0v) is 10.3. The van der Waals surface area contributed by atoms with Crippen LogP contribution >= 0.6 is 0 Å². The molecule has 0 aliphatic heterocycles. The van der Waals surface area contributed by atoms with Crippen molar-refractivity contribution in [3.05, 3.63) is 51.8 Å². The van der Waals surface area contributed by atoms with Crippen LogP contribution in [-0.2, 0) is 0 Å². The first kappa shape index (κ1) is 13.4. The SMILES string of the molecule is Cc1cnc(Oc2cccc([N+](=O)[O-])c2C(=O)O)nc1. The summed E-state index contributed by atoms with van der Waals surface area (Å²) in [6, 6.07) is 3.64. The normalized spacial score (nSPS) is 10.1. The van der Waals surface area contributed by atoms with Crippen LogP contribution in [0.4, 0.5) is 5.69 Å². The lowest BCUT2D eigenvalue weighted by Gasteiger charge is -2.07. The minimum Gasteiger partial charge on any atom is -0.477 e. The van der Waals surface area contributed by atoms with Crippen LogP contribution in [-0.4, -0.2) is 26.0 Å². The predicted molar refractivity (Wildman–Crippen MR) is 66.9 cm³/mol. The Labute approximate surface area is 112 Å². The number of carbonyl (C=O) groups is 1. The van der Waals surface area contributed by atoms with Crippen molar-refractivity contribution in [2.45, 2.75) is 6.92 Å². The van der Waals surface area contributed by atoms with Crippen LogP contribution in [0.5, 0.6) is 11.8 Å². The number of hydrogen-bond acceptors (Lipinski definition) is 6. The molecule has 2 rings (SSSR count). The first-order valence-electron chi connectivity index (χ1n) is 5.46. The van der Waals surface area contributed by atoms with Gasteiger partial charge in [0, 0.05) is 18.5 Å². The summed E-state index contributed by atoms with van der Waals surface area (Å²) in [6.07, 6.45) is 2.97. The van der Waals surface area contributed by atoms with E-state index in [9.17, 15) is 14.9 Å². The van der Waals surface area contributed by atoms with E-state index in [1.54, 1.807) is 6.92 Å². The van der Waals surface area contributed by atoms with Gasteiger partial charge in [0.25, 0.3) is 5.69 Å². The van der Waals surface area contributed by atoms with E-state index in [0.29, 0.717) is 0 Å². The molecule has 0 unspecified atom stereocenters. The Kier molecular flexibility index (Phi) is 3.56. The molecule has 1 aromatic carbocycles. The Morgan fingerprint density at radius 3 is 2.55 bits per heavy atom. The molecule has 0 amide bonds. The fourth-order valence-electron chi connectivity index (χ4n) is 1.50. The molecule has 0 aliphatic rings. The van der Waals surface area contributed by atoms with Crippen molar-refractivity contribution < 1.29 is 19.6 Å². The maximum Gasteiger partial charge on any atom is 0.346 e. The Balaban J connectivity index is 2.46. The van der Waals surface area contributed by atoms with Crippen molar-refractivity contribution in [2.24, 2.45) is 0 Å². The molecule has 0 aliphatic carbocycles. The average molecular weight is 275 g/mol. The van der Waals surface area contributed by atoms with Crippen molar-refractivity contribution in [3.8, 4) is 11.8 Å². The summed E-state index contributed by atoms with van der Waals surface area (Å²) in [5.74, 6) is -1.64. The summed E-state index contributed by atoms with van der Waals surface area (Å²) in [4.78, 5) is 28.9. The fraction of sp³-hybridized carbons (Fsp3) is 0.0833. The highest BCUT2D eigenvalue weighted by atomic mass is 16.6. The van der Waals surface area contributed by atoms with Gasteiger partial charge in [-0.3, -0.25) is 10.1 Å². The molecule has 8 heteroatoms. The summed E-state index contributed by atoms with van der Waals surface area (Å²) in [5.41, 5.74) is -0.293. The fourth-order valence-corrected chi connectivity index (χ4v) is 1.50. The summed E-state index contributed by atoms with van der Waals surface area (Å²) < 4.78 is 5.21. The van der Waals surface area contributed by atoms with Gasteiger partial charge in [-0.15, -0.1) is 0 Å². The molecule has 1 heterocycles. The number of benzene rings is 1. The van der Waals surface area contributed by atoms with Crippen LogP contribution < -0.4 is 4.74 Å². The van der Waals surface area contributed by atoms with E-state index in [2.05, 4.69) is 9.97 Å². The molecule has 1 N–H and O–H groups in total. The third-order valence-electron chi connectivity index (χ3n) is 2.37. The lowest BCUT2D eigenvalue weighted by Crippen LogP contribution is -2.05. The molecule has 102 valence electrons. The van der Waals surface area contributed by atoms with Crippen LogP contribution in [0, 0.1) is 17.0 Å². The van der Waals surface area contributed by atoms with Crippen LogP contribution in [0.2, 0.25) is 0 Å². The molecule has 0 saturated heterocycles. The molecule has 0 spiro atoms. The second-order valence-corrected chi connectivity index (χ2v) is 3.86. The maximum atomic E-state index is 11.2. The maximum absolute atomic E-state index is 11.2. The molecular formula is C12H9N3O5. The number of rotatable bonds is 4. The lowest BCUT2D eigenvalue weighted by atomic mass is 10.1. The second-order valence-electron chi connectivity index (χ2n) is 3.86. The first-order chi connectivity index (χ1) is 9.49. The van der Waals surface area contributed by atoms with Crippen molar-refractivity contribution in [1.82, 2.24) is 9.97 Å². The third-order valence-corrected chi connectivity index (χ3v) is 2.37. The van der Waals surface area contributed by atoms with Crippen molar-refractivity contribution in [2.75, 3.05) is 0 Å². The molecular weight excluding hydrogens is 266 g/mol. The summed E-state index contributed by atoms with van der Waals surface area (Å²) >= 11 is 0. The smallest absolute Gasteiger partial charge is 0.346 e. The summed E-state index contributed by atoms with van der Waals surface area (Å²) in [7, 11) is 0. The standard InChI is InChI=1S/C12H9N3O5/c1-7-5-13-12(14-6-7)20-9-4-2-3-8(15(18)19)10(9)11(16)17/h2-6H,1H3,(H,16,17). The molecule has 8 nitrogen and oxygen atoms in total. The van der Waals surface area contributed by atoms with E-state index < -0.39 is 22.1 Å². The van der Waals surface area contributed by atoms with Gasteiger partial charge in [-0.1, -0.05) is 6.07 Å². The number of carboxylic acid groups (broad SMARTS) is 1. The van der Waals surface area contributed by atoms with E-state index in [1.165, 1.54) is 24.5 Å². The molecule has 2 aromatic rings. The number of aromatic carboxylic acids is 1. The predicted octanol–water partition coefficient (Wildman–Crippen LogP) is 2.18. The Morgan fingerprint density at radius 2 is 2.00 bits per heavy atom. The topological polar surface area (TPSA) is 115 Å². The van der Waals surface area contributed by atoms with Gasteiger partial charge in [0.2, 0.25) is 0 Å². The number of aromatic nitrogens is 2. The monoisotopic (exact) mass is 275 g/mol. The lowest BCUT2D eigenvalue weighted by molar-refractivity contribution is -0.385. The summed E-state index contributed by atoms with van der Waals surface area (Å²) in [5, 5.41) is 19.9. The number of carboxylic acids is 1. The molecule has 0 atom stereocenters. The highest BCUT2D eigenvalue weighted by molar-refractivity contribution is 5.95. The van der Waals surface area contributed by atoms with Crippen LogP contribution in [0.1, 0.15) is 15.9 Å². The van der Waals surface area contributed by atoms with Crippen LogP contribution in [0.3, 0.4) is 0 Å². The van der Waals surface area contributed by atoms with E-state index in [4.69, 9.17) is 9.84 Å². The van der Waals surface area contributed by atoms with Gasteiger partial charge in [0.05, 0.1) is 4.92 Å². The number of aryl methyl sites for hydroxylation is 1. The number of nitro groups is 1. The molecule has 1 aromatic heterocycles. The highest BCUT2D eigenvalue weighted by Crippen LogP contribution is 2.30. The molecule has 20 heavy (non-hydrogen) atoms. The van der Waals surface area contributed by atoms with Crippen LogP contribution in [0.15, 0.2) is 30.6 Å². The minimum absolute atomic E-state index is 0.0846. The number of hydrogen-bond donors (Lipinski definition) is 1. The van der Waals surface area contributed by atoms with E-state index >= 15 is 0 Å². The van der Waals surface area contributed by atoms with Gasteiger partial charge >= 0.3 is 12.0 Å². The van der Waals surface area contributed by atoms with E-state index in [0.717, 1.165) is 11.6 Å². The van der Waals surface area contributed by atoms with Gasteiger partial charge in [-0.05, 0) is 18.6 Å². The Bertz CT molecular complexity index is 669. The van der Waals surface area contributed by atoms with Gasteiger partial charge in [-0.2, -0.15) is 0 Å². The zero-order valence-electron chi connectivity index (χ0n) is 10.3. The van der Waals surface area contributed by atoms with Gasteiger partial charge < -0.3 is 9.84 Å². The number of nitrogens with zero attached hydrogens (tertiary/aromatic N) is 3. The number of nitro benzene ring substituents is 1. The van der Waals surface area contributed by atoms with Crippen molar-refractivity contribution in [1.29, 1.82) is 0 Å². The zero-order chi connectivity index (χ0) is 14.7. The first-order valence-corrected chi connectivity index (χ1v) is 5.46. The third kappa shape index (κ3) is 2.69. The van der Waals surface area contributed by atoms with Crippen LogP contribution in [0.25, 0.3) is 0 Å². The van der Waals surface area contributed by atoms with Crippen molar-refractivity contribution in [3.63, 3.8) is 0 Å². The molecule has 0 radical (unpaired) electrons. The second kappa shape index (κ2) is 5.31. The summed E-state index contributed by atoms with van der Waals surface area (Å²) in [6.45, 7) is 1.78. The Morgan fingerprint density at radius 1 is 1.35 bits per heavy atom. The van der Waals surface area contributed by atoms with Crippen molar-refractivity contribution >= 4 is 11.7 Å². The van der Waals surface area contributed by atoms with E-state index in [1.807, 2.05) is 0 Å². The van der Waals surface area contributed by atoms with Gasteiger partial charge in [0.1, 0.15) is 0 Å². The quantitative estimate of drug-likeness (QED) is 0.671. The van der Waals surface area contributed by atoms with Gasteiger partial charge in [-0.25, -0.2) is 14.8 Å². The number of ether oxygens (including phenoxy) is 1. The molecule has 0 fully saturated rings. The largest absolute Gasteiger partial charge is 0.477 e. The molecule has 0 saturated carbocycles.